The SMILES string of the molecule is C=CCS(=O)(=O)NC(CO)C(=O)O. The first-order valence-corrected chi connectivity index (χ1v) is 5.02. The van der Waals surface area contributed by atoms with Crippen LogP contribution in [0.15, 0.2) is 12.7 Å². The Hall–Kier alpha value is -0.920. The summed E-state index contributed by atoms with van der Waals surface area (Å²) in [6, 6.07) is -1.50. The van der Waals surface area contributed by atoms with Gasteiger partial charge in [0, 0.05) is 0 Å². The van der Waals surface area contributed by atoms with Crippen LogP contribution in [0, 0.1) is 0 Å². The quantitative estimate of drug-likeness (QED) is 0.464. The Morgan fingerprint density at radius 3 is 2.46 bits per heavy atom. The molecule has 7 heteroatoms. The summed E-state index contributed by atoms with van der Waals surface area (Å²) in [4.78, 5) is 10.3. The molecule has 0 fully saturated rings. The van der Waals surface area contributed by atoms with Crippen molar-refractivity contribution in [2.75, 3.05) is 12.4 Å². The van der Waals surface area contributed by atoms with E-state index in [0.717, 1.165) is 6.08 Å². The maximum atomic E-state index is 10.9. The lowest BCUT2D eigenvalue weighted by Crippen LogP contribution is -2.43. The van der Waals surface area contributed by atoms with Gasteiger partial charge < -0.3 is 10.2 Å². The molecule has 0 aromatic heterocycles. The van der Waals surface area contributed by atoms with Crippen molar-refractivity contribution in [1.29, 1.82) is 0 Å². The van der Waals surface area contributed by atoms with Crippen molar-refractivity contribution >= 4 is 16.0 Å². The monoisotopic (exact) mass is 209 g/mol. The molecule has 76 valence electrons. The molecule has 0 saturated heterocycles. The number of aliphatic hydroxyl groups is 1. The standard InChI is InChI=1S/C6H11NO5S/c1-2-3-13(11,12)7-5(4-8)6(9)10/h2,5,7-8H,1,3-4H2,(H,9,10). The van der Waals surface area contributed by atoms with E-state index in [1.807, 2.05) is 0 Å². The molecule has 3 N–H and O–H groups in total. The number of hydrogen-bond acceptors (Lipinski definition) is 4. The average Bonchev–Trinajstić information content (AvgIpc) is 1.99. The lowest BCUT2D eigenvalue weighted by Gasteiger charge is -2.10. The van der Waals surface area contributed by atoms with Gasteiger partial charge in [-0.1, -0.05) is 6.08 Å². The normalized spacial score (nSPS) is 13.6. The third-order valence-electron chi connectivity index (χ3n) is 1.14. The highest BCUT2D eigenvalue weighted by Gasteiger charge is 2.21. The molecule has 0 rings (SSSR count). The molecule has 0 aliphatic heterocycles. The van der Waals surface area contributed by atoms with E-state index >= 15 is 0 Å². The molecule has 0 aliphatic rings. The smallest absolute Gasteiger partial charge is 0.324 e. The maximum Gasteiger partial charge on any atom is 0.324 e. The summed E-state index contributed by atoms with van der Waals surface area (Å²) in [5.41, 5.74) is 0. The van der Waals surface area contributed by atoms with Crippen LogP contribution in [0.5, 0.6) is 0 Å². The molecule has 0 spiro atoms. The second kappa shape index (κ2) is 4.95. The van der Waals surface area contributed by atoms with Crippen LogP contribution in [-0.4, -0.2) is 43.0 Å². The van der Waals surface area contributed by atoms with Crippen molar-refractivity contribution in [3.63, 3.8) is 0 Å². The molecule has 13 heavy (non-hydrogen) atoms. The van der Waals surface area contributed by atoms with Gasteiger partial charge in [-0.15, -0.1) is 6.58 Å². The minimum Gasteiger partial charge on any atom is -0.480 e. The molecular weight excluding hydrogens is 198 g/mol. The number of nitrogens with one attached hydrogen (secondary N) is 1. The highest BCUT2D eigenvalue weighted by Crippen LogP contribution is 1.90. The lowest BCUT2D eigenvalue weighted by molar-refractivity contribution is -0.139. The first-order chi connectivity index (χ1) is 5.93. The topological polar surface area (TPSA) is 104 Å². The summed E-state index contributed by atoms with van der Waals surface area (Å²) in [6.07, 6.45) is 1.12. The third kappa shape index (κ3) is 4.61. The van der Waals surface area contributed by atoms with E-state index in [0.29, 0.717) is 0 Å². The van der Waals surface area contributed by atoms with E-state index < -0.39 is 28.6 Å². The Morgan fingerprint density at radius 1 is 1.62 bits per heavy atom. The zero-order chi connectivity index (χ0) is 10.5. The fourth-order valence-electron chi connectivity index (χ4n) is 0.586. The molecule has 0 bridgehead atoms. The molecule has 0 heterocycles. The lowest BCUT2D eigenvalue weighted by atomic mass is 10.3. The zero-order valence-electron chi connectivity index (χ0n) is 6.80. The fraction of sp³-hybridized carbons (Fsp3) is 0.500. The highest BCUT2D eigenvalue weighted by molar-refractivity contribution is 7.89. The van der Waals surface area contributed by atoms with Gasteiger partial charge in [-0.3, -0.25) is 4.79 Å². The Morgan fingerprint density at radius 2 is 2.15 bits per heavy atom. The molecule has 1 atom stereocenters. The van der Waals surface area contributed by atoms with Gasteiger partial charge in [0.1, 0.15) is 6.04 Å². The Bertz CT molecular complexity index is 283. The number of aliphatic carboxylic acids is 1. The zero-order valence-corrected chi connectivity index (χ0v) is 7.62. The minimum absolute atomic E-state index is 0.378. The van der Waals surface area contributed by atoms with E-state index in [9.17, 15) is 13.2 Å². The predicted octanol–water partition coefficient (Wildman–Crippen LogP) is -1.46. The third-order valence-corrected chi connectivity index (χ3v) is 2.46. The molecular formula is C6H11NO5S. The van der Waals surface area contributed by atoms with Crippen LogP contribution >= 0.6 is 0 Å². The van der Waals surface area contributed by atoms with E-state index in [4.69, 9.17) is 10.2 Å². The Labute approximate surface area is 75.9 Å². The summed E-state index contributed by atoms with van der Waals surface area (Å²) in [5, 5.41) is 16.9. The maximum absolute atomic E-state index is 10.9. The Balaban J connectivity index is 4.40. The number of rotatable bonds is 6. The van der Waals surface area contributed by atoms with Crippen molar-refractivity contribution in [2.24, 2.45) is 0 Å². The predicted molar refractivity (Wildman–Crippen MR) is 45.6 cm³/mol. The van der Waals surface area contributed by atoms with Crippen LogP contribution < -0.4 is 4.72 Å². The summed E-state index contributed by atoms with van der Waals surface area (Å²) >= 11 is 0. The summed E-state index contributed by atoms with van der Waals surface area (Å²) < 4.78 is 23.7. The van der Waals surface area contributed by atoms with Crippen LogP contribution in [0.4, 0.5) is 0 Å². The molecule has 0 amide bonds. The second-order valence-corrected chi connectivity index (χ2v) is 4.06. The van der Waals surface area contributed by atoms with Crippen molar-refractivity contribution < 1.29 is 23.4 Å². The van der Waals surface area contributed by atoms with Gasteiger partial charge >= 0.3 is 5.97 Å². The second-order valence-electron chi connectivity index (χ2n) is 2.26. The number of hydrogen-bond donors (Lipinski definition) is 3. The van der Waals surface area contributed by atoms with Crippen LogP contribution in [0.1, 0.15) is 0 Å². The number of carboxylic acids is 1. The van der Waals surface area contributed by atoms with E-state index in [1.54, 1.807) is 4.72 Å². The van der Waals surface area contributed by atoms with Crippen molar-refractivity contribution in [3.05, 3.63) is 12.7 Å². The van der Waals surface area contributed by atoms with Gasteiger partial charge in [0.15, 0.2) is 0 Å². The summed E-state index contributed by atoms with van der Waals surface area (Å²) in [7, 11) is -3.70. The van der Waals surface area contributed by atoms with Gasteiger partial charge in [0.2, 0.25) is 10.0 Å². The van der Waals surface area contributed by atoms with E-state index in [1.165, 1.54) is 0 Å². The van der Waals surface area contributed by atoms with Crippen LogP contribution in [-0.2, 0) is 14.8 Å². The van der Waals surface area contributed by atoms with Gasteiger partial charge in [-0.2, -0.15) is 4.72 Å². The largest absolute Gasteiger partial charge is 0.480 e. The van der Waals surface area contributed by atoms with Crippen LogP contribution in [0.2, 0.25) is 0 Å². The Kier molecular flexibility index (Phi) is 4.60. The number of carboxylic acid groups (broad SMARTS) is 1. The summed E-state index contributed by atoms with van der Waals surface area (Å²) in [5.74, 6) is -1.80. The van der Waals surface area contributed by atoms with Gasteiger partial charge in [-0.05, 0) is 0 Å². The van der Waals surface area contributed by atoms with Gasteiger partial charge in [0.05, 0.1) is 12.4 Å². The van der Waals surface area contributed by atoms with Gasteiger partial charge in [-0.25, -0.2) is 8.42 Å². The summed E-state index contributed by atoms with van der Waals surface area (Å²) in [6.45, 7) is 2.41. The van der Waals surface area contributed by atoms with Gasteiger partial charge in [0.25, 0.3) is 0 Å². The number of sulfonamides is 1. The molecule has 0 aromatic carbocycles. The molecule has 0 aliphatic carbocycles. The number of carbonyl (C=O) groups is 1. The van der Waals surface area contributed by atoms with E-state index in [-0.39, 0.29) is 5.75 Å². The minimum atomic E-state index is -3.70. The highest BCUT2D eigenvalue weighted by atomic mass is 32.2. The fourth-order valence-corrected chi connectivity index (χ4v) is 1.60. The molecule has 0 aromatic rings. The molecule has 0 radical (unpaired) electrons. The first-order valence-electron chi connectivity index (χ1n) is 3.37. The molecule has 6 nitrogen and oxygen atoms in total. The average molecular weight is 209 g/mol. The van der Waals surface area contributed by atoms with Crippen LogP contribution in [0.25, 0.3) is 0 Å². The molecule has 1 unspecified atom stereocenters. The van der Waals surface area contributed by atoms with Crippen molar-refractivity contribution in [3.8, 4) is 0 Å². The van der Waals surface area contributed by atoms with E-state index in [2.05, 4.69) is 6.58 Å². The van der Waals surface area contributed by atoms with Crippen molar-refractivity contribution in [1.82, 2.24) is 4.72 Å². The molecule has 0 saturated carbocycles. The van der Waals surface area contributed by atoms with Crippen molar-refractivity contribution in [2.45, 2.75) is 6.04 Å². The number of aliphatic hydroxyl groups excluding tert-OH is 1. The first kappa shape index (κ1) is 12.1. The van der Waals surface area contributed by atoms with Crippen LogP contribution in [0.3, 0.4) is 0 Å².